The molecule has 0 bridgehead atoms. The third-order valence-corrected chi connectivity index (χ3v) is 4.87. The van der Waals surface area contributed by atoms with Gasteiger partial charge in [-0.15, -0.1) is 24.8 Å². The molecule has 1 unspecified atom stereocenters. The molecule has 0 saturated carbocycles. The molecule has 0 spiro atoms. The number of hydrogen-bond acceptors (Lipinski definition) is 3. The van der Waals surface area contributed by atoms with Crippen LogP contribution in [0.2, 0.25) is 0 Å². The van der Waals surface area contributed by atoms with E-state index in [1.54, 1.807) is 0 Å². The second-order valence-corrected chi connectivity index (χ2v) is 6.29. The van der Waals surface area contributed by atoms with Gasteiger partial charge in [0.2, 0.25) is 0 Å². The summed E-state index contributed by atoms with van der Waals surface area (Å²) in [5.41, 5.74) is 2.29. The second-order valence-electron chi connectivity index (χ2n) is 6.29. The molecule has 3 heterocycles. The van der Waals surface area contributed by atoms with E-state index in [9.17, 15) is 4.39 Å². The third kappa shape index (κ3) is 3.91. The van der Waals surface area contributed by atoms with Crippen molar-refractivity contribution in [3.8, 4) is 0 Å². The number of nitrogens with zero attached hydrogens (tertiary/aromatic N) is 3. The summed E-state index contributed by atoms with van der Waals surface area (Å²) in [6.45, 7) is 4.02. The van der Waals surface area contributed by atoms with Gasteiger partial charge in [-0.25, -0.2) is 4.39 Å². The summed E-state index contributed by atoms with van der Waals surface area (Å²) in [7, 11) is 0. The van der Waals surface area contributed by atoms with E-state index in [2.05, 4.69) is 21.4 Å². The van der Waals surface area contributed by atoms with Crippen LogP contribution in [0.15, 0.2) is 36.5 Å². The summed E-state index contributed by atoms with van der Waals surface area (Å²) in [5, 5.41) is 8.12. The van der Waals surface area contributed by atoms with E-state index in [-0.39, 0.29) is 30.6 Å². The molecule has 1 aromatic heterocycles. The predicted octanol–water partition coefficient (Wildman–Crippen LogP) is 3.02. The van der Waals surface area contributed by atoms with Crippen LogP contribution in [0.4, 0.5) is 4.39 Å². The highest BCUT2D eigenvalue weighted by molar-refractivity contribution is 5.85. The first-order valence-corrected chi connectivity index (χ1v) is 8.03. The van der Waals surface area contributed by atoms with Gasteiger partial charge in [0.25, 0.3) is 0 Å². The number of nitrogens with one attached hydrogen (secondary N) is 1. The van der Waals surface area contributed by atoms with E-state index in [0.29, 0.717) is 18.6 Å². The minimum absolute atomic E-state index is 0. The molecule has 2 aromatic rings. The van der Waals surface area contributed by atoms with Crippen molar-refractivity contribution in [1.82, 2.24) is 20.0 Å². The van der Waals surface area contributed by atoms with Crippen LogP contribution < -0.4 is 5.32 Å². The maximum Gasteiger partial charge on any atom is 0.123 e. The molecule has 24 heavy (non-hydrogen) atoms. The molecule has 4 rings (SSSR count). The second kappa shape index (κ2) is 8.30. The Labute approximate surface area is 154 Å². The molecular formula is C17H23Cl2FN4. The van der Waals surface area contributed by atoms with Gasteiger partial charge in [0.15, 0.2) is 0 Å². The Morgan fingerprint density at radius 2 is 1.96 bits per heavy atom. The molecule has 2 fully saturated rings. The fourth-order valence-corrected chi connectivity index (χ4v) is 3.68. The molecule has 1 N–H and O–H groups in total. The number of hydrogen-bond donors (Lipinski definition) is 1. The summed E-state index contributed by atoms with van der Waals surface area (Å²) < 4.78 is 15.1. The van der Waals surface area contributed by atoms with Gasteiger partial charge >= 0.3 is 0 Å². The quantitative estimate of drug-likeness (QED) is 0.898. The van der Waals surface area contributed by atoms with Crippen molar-refractivity contribution in [1.29, 1.82) is 0 Å². The first kappa shape index (κ1) is 19.2. The standard InChI is InChI=1S/C17H21FN4.2ClH/c18-14-5-3-13(4-6-14)11-22-17(7-8-20-22)16-12-21-9-1-2-15(21)10-19-16;;/h3-8,15-16,19H,1-2,9-12H2;2*1H/t15-,16?;;/m1../s1. The highest BCUT2D eigenvalue weighted by Gasteiger charge is 2.32. The van der Waals surface area contributed by atoms with Crippen molar-refractivity contribution in [3.63, 3.8) is 0 Å². The average Bonchev–Trinajstić information content (AvgIpc) is 3.17. The summed E-state index contributed by atoms with van der Waals surface area (Å²) >= 11 is 0. The van der Waals surface area contributed by atoms with Gasteiger partial charge in [-0.3, -0.25) is 9.58 Å². The smallest absolute Gasteiger partial charge is 0.123 e. The van der Waals surface area contributed by atoms with E-state index in [0.717, 1.165) is 18.7 Å². The van der Waals surface area contributed by atoms with Gasteiger partial charge in [-0.05, 0) is 43.1 Å². The van der Waals surface area contributed by atoms with E-state index in [1.807, 2.05) is 23.0 Å². The van der Waals surface area contributed by atoms with Crippen LogP contribution in [-0.2, 0) is 6.54 Å². The van der Waals surface area contributed by atoms with Crippen LogP contribution in [0.25, 0.3) is 0 Å². The molecule has 2 saturated heterocycles. The summed E-state index contributed by atoms with van der Waals surface area (Å²) in [6, 6.07) is 9.80. The van der Waals surface area contributed by atoms with Crippen molar-refractivity contribution in [2.75, 3.05) is 19.6 Å². The SMILES string of the molecule is Cl.Cl.Fc1ccc(Cn2nccc2C2CN3CCC[C@@H]3CN2)cc1. The minimum atomic E-state index is -0.196. The van der Waals surface area contributed by atoms with Gasteiger partial charge in [-0.1, -0.05) is 12.1 Å². The van der Waals surface area contributed by atoms with Crippen LogP contribution >= 0.6 is 24.8 Å². The monoisotopic (exact) mass is 372 g/mol. The minimum Gasteiger partial charge on any atom is -0.306 e. The van der Waals surface area contributed by atoms with Crippen molar-refractivity contribution in [3.05, 3.63) is 53.6 Å². The predicted molar refractivity (Wildman–Crippen MR) is 97.6 cm³/mol. The number of aromatic nitrogens is 2. The number of rotatable bonds is 3. The Kier molecular flexibility index (Phi) is 6.63. The molecule has 4 nitrogen and oxygen atoms in total. The number of fused-ring (bicyclic) bond motifs is 1. The Morgan fingerprint density at radius 1 is 1.17 bits per heavy atom. The topological polar surface area (TPSA) is 33.1 Å². The fraction of sp³-hybridized carbons (Fsp3) is 0.471. The Balaban J connectivity index is 0.00000104. The molecule has 0 amide bonds. The molecule has 0 aliphatic carbocycles. The number of piperazine rings is 1. The lowest BCUT2D eigenvalue weighted by Gasteiger charge is -2.36. The lowest BCUT2D eigenvalue weighted by molar-refractivity contribution is 0.169. The molecule has 2 atom stereocenters. The van der Waals surface area contributed by atoms with Crippen molar-refractivity contribution < 1.29 is 4.39 Å². The molecule has 2 aliphatic rings. The zero-order chi connectivity index (χ0) is 14.9. The third-order valence-electron chi connectivity index (χ3n) is 4.87. The van der Waals surface area contributed by atoms with Gasteiger partial charge in [0.1, 0.15) is 5.82 Å². The molecule has 0 radical (unpaired) electrons. The lowest BCUT2D eigenvalue weighted by atomic mass is 10.1. The van der Waals surface area contributed by atoms with E-state index < -0.39 is 0 Å². The molecule has 2 aliphatic heterocycles. The molecule has 1 aromatic carbocycles. The summed E-state index contributed by atoms with van der Waals surface area (Å²) in [4.78, 5) is 2.59. The molecule has 7 heteroatoms. The lowest BCUT2D eigenvalue weighted by Crippen LogP contribution is -2.50. The highest BCUT2D eigenvalue weighted by Crippen LogP contribution is 2.26. The van der Waals surface area contributed by atoms with Gasteiger partial charge < -0.3 is 5.32 Å². The summed E-state index contributed by atoms with van der Waals surface area (Å²) in [5.74, 6) is -0.196. The van der Waals surface area contributed by atoms with Crippen LogP contribution in [0.3, 0.4) is 0 Å². The molecule has 132 valence electrons. The van der Waals surface area contributed by atoms with Crippen molar-refractivity contribution >= 4 is 24.8 Å². The van der Waals surface area contributed by atoms with Crippen molar-refractivity contribution in [2.24, 2.45) is 0 Å². The van der Waals surface area contributed by atoms with E-state index >= 15 is 0 Å². The van der Waals surface area contributed by atoms with Gasteiger partial charge in [0, 0.05) is 25.3 Å². The maximum absolute atomic E-state index is 13.0. The average molecular weight is 373 g/mol. The number of benzene rings is 1. The zero-order valence-corrected chi connectivity index (χ0v) is 15.0. The first-order valence-electron chi connectivity index (χ1n) is 8.03. The Morgan fingerprint density at radius 3 is 2.75 bits per heavy atom. The maximum atomic E-state index is 13.0. The van der Waals surface area contributed by atoms with Crippen LogP contribution in [-0.4, -0.2) is 40.4 Å². The largest absolute Gasteiger partial charge is 0.306 e. The van der Waals surface area contributed by atoms with Crippen LogP contribution in [0.1, 0.15) is 30.1 Å². The van der Waals surface area contributed by atoms with E-state index in [4.69, 9.17) is 0 Å². The highest BCUT2D eigenvalue weighted by atomic mass is 35.5. The van der Waals surface area contributed by atoms with Gasteiger partial charge in [-0.2, -0.15) is 5.10 Å². The zero-order valence-electron chi connectivity index (χ0n) is 13.4. The first-order chi connectivity index (χ1) is 10.8. The fourth-order valence-electron chi connectivity index (χ4n) is 3.68. The Hall–Kier alpha value is -1.14. The normalized spacial score (nSPS) is 23.2. The number of halogens is 3. The van der Waals surface area contributed by atoms with Gasteiger partial charge in [0.05, 0.1) is 18.3 Å². The summed E-state index contributed by atoms with van der Waals surface area (Å²) in [6.07, 6.45) is 4.49. The van der Waals surface area contributed by atoms with Crippen LogP contribution in [0.5, 0.6) is 0 Å². The molecular weight excluding hydrogens is 350 g/mol. The van der Waals surface area contributed by atoms with Crippen LogP contribution in [0, 0.1) is 5.82 Å². The Bertz CT molecular complexity index is 646. The van der Waals surface area contributed by atoms with E-state index in [1.165, 1.54) is 37.2 Å². The van der Waals surface area contributed by atoms with Crippen molar-refractivity contribution in [2.45, 2.75) is 31.5 Å².